The van der Waals surface area contributed by atoms with Gasteiger partial charge in [0.25, 0.3) is 5.91 Å². The summed E-state index contributed by atoms with van der Waals surface area (Å²) in [6.07, 6.45) is 0. The van der Waals surface area contributed by atoms with Gasteiger partial charge in [-0.2, -0.15) is 4.98 Å². The average molecular weight is 490 g/mol. The van der Waals surface area contributed by atoms with E-state index in [0.717, 1.165) is 16.3 Å². The van der Waals surface area contributed by atoms with E-state index in [1.165, 1.54) is 5.56 Å². The van der Waals surface area contributed by atoms with E-state index in [2.05, 4.69) is 22.8 Å². The van der Waals surface area contributed by atoms with Crippen LogP contribution >= 0.6 is 23.1 Å². The van der Waals surface area contributed by atoms with E-state index >= 15 is 0 Å². The molecule has 2 aromatic heterocycles. The molecule has 0 aliphatic carbocycles. The van der Waals surface area contributed by atoms with Crippen molar-refractivity contribution in [2.45, 2.75) is 23.9 Å². The molecule has 34 heavy (non-hydrogen) atoms. The third-order valence-corrected chi connectivity index (χ3v) is 7.29. The number of hydrogen-bond donors (Lipinski definition) is 2. The SMILES string of the molecule is COc1ccccc1NC(=O)C1=C(C)Nc2nc(SCc3ccccc3)nn2[C@@H]1c1cccs1. The van der Waals surface area contributed by atoms with Crippen LogP contribution in [0.4, 0.5) is 11.6 Å². The molecule has 0 saturated carbocycles. The van der Waals surface area contributed by atoms with Crippen LogP contribution in [0.15, 0.2) is 88.5 Å². The van der Waals surface area contributed by atoms with Crippen molar-refractivity contribution in [3.8, 4) is 5.75 Å². The number of nitrogens with one attached hydrogen (secondary N) is 2. The van der Waals surface area contributed by atoms with Gasteiger partial charge in [-0.15, -0.1) is 16.4 Å². The summed E-state index contributed by atoms with van der Waals surface area (Å²) >= 11 is 3.16. The molecule has 9 heteroatoms. The van der Waals surface area contributed by atoms with Gasteiger partial charge >= 0.3 is 0 Å². The highest BCUT2D eigenvalue weighted by Gasteiger charge is 2.35. The first kappa shape index (κ1) is 22.2. The fraction of sp³-hybridized carbons (Fsp3) is 0.160. The second-order valence-electron chi connectivity index (χ2n) is 7.67. The van der Waals surface area contributed by atoms with Crippen LogP contribution in [-0.4, -0.2) is 27.8 Å². The Balaban J connectivity index is 1.46. The monoisotopic (exact) mass is 489 g/mol. The van der Waals surface area contributed by atoms with Crippen molar-refractivity contribution in [2.75, 3.05) is 17.7 Å². The minimum Gasteiger partial charge on any atom is -0.495 e. The molecule has 7 nitrogen and oxygen atoms in total. The predicted octanol–water partition coefficient (Wildman–Crippen LogP) is 5.57. The van der Waals surface area contributed by atoms with Crippen LogP contribution in [0.2, 0.25) is 0 Å². The average Bonchev–Trinajstić information content (AvgIpc) is 3.53. The maximum Gasteiger partial charge on any atom is 0.256 e. The number of fused-ring (bicyclic) bond motifs is 1. The summed E-state index contributed by atoms with van der Waals surface area (Å²) in [6, 6.07) is 21.2. The number of methoxy groups -OCH3 is 1. The maximum absolute atomic E-state index is 13.6. The number of amides is 1. The number of aromatic nitrogens is 3. The van der Waals surface area contributed by atoms with Gasteiger partial charge in [0.2, 0.25) is 11.1 Å². The molecule has 1 aliphatic heterocycles. The predicted molar refractivity (Wildman–Crippen MR) is 136 cm³/mol. The second kappa shape index (κ2) is 9.74. The van der Waals surface area contributed by atoms with Crippen molar-refractivity contribution >= 4 is 40.6 Å². The third-order valence-electron chi connectivity index (χ3n) is 5.46. The molecular weight excluding hydrogens is 466 g/mol. The fourth-order valence-electron chi connectivity index (χ4n) is 3.86. The first-order chi connectivity index (χ1) is 16.6. The van der Waals surface area contributed by atoms with Crippen molar-refractivity contribution in [1.29, 1.82) is 0 Å². The largest absolute Gasteiger partial charge is 0.495 e. The van der Waals surface area contributed by atoms with Crippen LogP contribution in [0, 0.1) is 0 Å². The number of carbonyl (C=O) groups excluding carboxylic acids is 1. The smallest absolute Gasteiger partial charge is 0.256 e. The summed E-state index contributed by atoms with van der Waals surface area (Å²) in [4.78, 5) is 19.3. The Morgan fingerprint density at radius 2 is 1.94 bits per heavy atom. The lowest BCUT2D eigenvalue weighted by Crippen LogP contribution is -2.31. The number of rotatable bonds is 7. The Morgan fingerprint density at radius 3 is 2.71 bits per heavy atom. The van der Waals surface area contributed by atoms with Gasteiger partial charge in [0, 0.05) is 16.3 Å². The molecule has 172 valence electrons. The molecule has 2 N–H and O–H groups in total. The number of allylic oxidation sites excluding steroid dienone is 1. The molecule has 4 aromatic rings. The zero-order chi connectivity index (χ0) is 23.5. The van der Waals surface area contributed by atoms with Crippen LogP contribution in [0.1, 0.15) is 23.4 Å². The summed E-state index contributed by atoms with van der Waals surface area (Å²) in [5.41, 5.74) is 3.15. The molecular formula is C25H23N5O2S2. The van der Waals surface area contributed by atoms with Gasteiger partial charge in [-0.25, -0.2) is 4.68 Å². The quantitative estimate of drug-likeness (QED) is 0.331. The van der Waals surface area contributed by atoms with Crippen molar-refractivity contribution in [3.63, 3.8) is 0 Å². The van der Waals surface area contributed by atoms with Crippen molar-refractivity contribution in [3.05, 3.63) is 93.8 Å². The lowest BCUT2D eigenvalue weighted by Gasteiger charge is -2.27. The molecule has 0 saturated heterocycles. The molecule has 0 spiro atoms. The molecule has 1 amide bonds. The summed E-state index contributed by atoms with van der Waals surface area (Å²) in [7, 11) is 1.59. The molecule has 5 rings (SSSR count). The van der Waals surface area contributed by atoms with Crippen LogP contribution in [-0.2, 0) is 10.5 Å². The molecule has 2 aromatic carbocycles. The van der Waals surface area contributed by atoms with Gasteiger partial charge in [-0.3, -0.25) is 4.79 Å². The minimum absolute atomic E-state index is 0.215. The molecule has 0 unspecified atom stereocenters. The Morgan fingerprint density at radius 1 is 1.15 bits per heavy atom. The van der Waals surface area contributed by atoms with Gasteiger partial charge in [0.05, 0.1) is 18.4 Å². The summed E-state index contributed by atoms with van der Waals surface area (Å²) in [5, 5.41) is 13.7. The van der Waals surface area contributed by atoms with Crippen molar-refractivity contribution in [1.82, 2.24) is 14.8 Å². The highest BCUT2D eigenvalue weighted by atomic mass is 32.2. The second-order valence-corrected chi connectivity index (χ2v) is 9.59. The van der Waals surface area contributed by atoms with E-state index in [9.17, 15) is 4.79 Å². The normalized spacial score (nSPS) is 14.9. The summed E-state index contributed by atoms with van der Waals surface area (Å²) in [6.45, 7) is 1.90. The Bertz CT molecular complexity index is 1330. The van der Waals surface area contributed by atoms with E-state index in [1.807, 2.05) is 71.6 Å². The van der Waals surface area contributed by atoms with E-state index in [4.69, 9.17) is 14.8 Å². The van der Waals surface area contributed by atoms with E-state index in [1.54, 1.807) is 30.2 Å². The van der Waals surface area contributed by atoms with Crippen LogP contribution < -0.4 is 15.4 Å². The highest BCUT2D eigenvalue weighted by molar-refractivity contribution is 7.98. The molecule has 0 radical (unpaired) electrons. The number of nitrogens with zero attached hydrogens (tertiary/aromatic N) is 3. The molecule has 1 aliphatic rings. The number of ether oxygens (including phenoxy) is 1. The van der Waals surface area contributed by atoms with Crippen LogP contribution in [0.5, 0.6) is 5.75 Å². The van der Waals surface area contributed by atoms with Crippen LogP contribution in [0.3, 0.4) is 0 Å². The number of anilines is 2. The zero-order valence-corrected chi connectivity index (χ0v) is 20.3. The van der Waals surface area contributed by atoms with Crippen LogP contribution in [0.25, 0.3) is 0 Å². The van der Waals surface area contributed by atoms with E-state index < -0.39 is 0 Å². The number of para-hydroxylation sites is 2. The first-order valence-corrected chi connectivity index (χ1v) is 12.6. The Labute approximate surface area is 205 Å². The lowest BCUT2D eigenvalue weighted by molar-refractivity contribution is -0.113. The maximum atomic E-state index is 13.6. The molecule has 1 atom stereocenters. The minimum atomic E-state index is -0.385. The summed E-state index contributed by atoms with van der Waals surface area (Å²) < 4.78 is 7.22. The lowest BCUT2D eigenvalue weighted by atomic mass is 10.0. The number of carbonyl (C=O) groups is 1. The molecule has 0 bridgehead atoms. The standard InChI is InChI=1S/C25H23N5O2S2/c1-16-21(23(31)27-18-11-6-7-12-19(18)32-2)22(20-13-8-14-33-20)30-24(26-16)28-25(29-30)34-15-17-9-4-3-5-10-17/h3-14,22H,15H2,1-2H3,(H,27,31)(H,26,28,29)/t22-/m1/s1. The van der Waals surface area contributed by atoms with Crippen molar-refractivity contribution < 1.29 is 9.53 Å². The van der Waals surface area contributed by atoms with Gasteiger partial charge in [0.1, 0.15) is 11.8 Å². The molecule has 0 fully saturated rings. The topological polar surface area (TPSA) is 81.1 Å². The van der Waals surface area contributed by atoms with E-state index in [0.29, 0.717) is 28.1 Å². The van der Waals surface area contributed by atoms with Gasteiger partial charge in [0.15, 0.2) is 0 Å². The van der Waals surface area contributed by atoms with Crippen molar-refractivity contribution in [2.24, 2.45) is 0 Å². The number of hydrogen-bond acceptors (Lipinski definition) is 7. The van der Waals surface area contributed by atoms with Gasteiger partial charge in [-0.05, 0) is 36.1 Å². The van der Waals surface area contributed by atoms with Gasteiger partial charge in [-0.1, -0.05) is 60.3 Å². The van der Waals surface area contributed by atoms with Gasteiger partial charge < -0.3 is 15.4 Å². The fourth-order valence-corrected chi connectivity index (χ4v) is 5.46. The number of thioether (sulfide) groups is 1. The highest BCUT2D eigenvalue weighted by Crippen LogP contribution is 2.39. The zero-order valence-electron chi connectivity index (χ0n) is 18.7. The van der Waals surface area contributed by atoms with E-state index in [-0.39, 0.29) is 11.9 Å². The Kier molecular flexibility index (Phi) is 6.37. The first-order valence-electron chi connectivity index (χ1n) is 10.7. The number of benzene rings is 2. The Hall–Kier alpha value is -3.56. The number of thiophene rings is 1. The molecule has 3 heterocycles. The third kappa shape index (κ3) is 4.44. The summed E-state index contributed by atoms with van der Waals surface area (Å²) in [5.74, 6) is 1.78.